The molecule has 0 radical (unpaired) electrons. The van der Waals surface area contributed by atoms with Gasteiger partial charge in [-0.05, 0) is 24.6 Å². The van der Waals surface area contributed by atoms with Crippen molar-refractivity contribution in [3.05, 3.63) is 46.6 Å². The summed E-state index contributed by atoms with van der Waals surface area (Å²) in [6.45, 7) is 2.97. The van der Waals surface area contributed by atoms with Crippen molar-refractivity contribution in [2.75, 3.05) is 13.1 Å². The summed E-state index contributed by atoms with van der Waals surface area (Å²) in [7, 11) is 0. The average Bonchev–Trinajstić information content (AvgIpc) is 3.42. The second-order valence-corrected chi connectivity index (χ2v) is 6.68. The highest BCUT2D eigenvalue weighted by Gasteiger charge is 2.29. The number of aromatic nitrogens is 5. The van der Waals surface area contributed by atoms with E-state index in [1.54, 1.807) is 15.8 Å². The third kappa shape index (κ3) is 3.42. The summed E-state index contributed by atoms with van der Waals surface area (Å²) in [5.41, 5.74) is 0.858. The third-order valence-electron chi connectivity index (χ3n) is 4.50. The number of nitrogens with zero attached hydrogens (tertiary/aromatic N) is 6. The predicted molar refractivity (Wildman–Crippen MR) is 93.7 cm³/mol. The maximum Gasteiger partial charge on any atom is 0.280 e. The van der Waals surface area contributed by atoms with Gasteiger partial charge in [-0.15, -0.1) is 5.10 Å². The molecule has 1 fully saturated rings. The second-order valence-electron chi connectivity index (χ2n) is 6.28. The first-order valence-electron chi connectivity index (χ1n) is 8.54. The van der Waals surface area contributed by atoms with E-state index in [1.807, 2.05) is 6.92 Å². The molecule has 1 atom stereocenters. The number of benzene rings is 1. The van der Waals surface area contributed by atoms with E-state index in [4.69, 9.17) is 16.1 Å². The van der Waals surface area contributed by atoms with Gasteiger partial charge in [-0.25, -0.2) is 9.07 Å². The number of carbonyl (C=O) groups is 1. The van der Waals surface area contributed by atoms with Gasteiger partial charge in [-0.2, -0.15) is 4.98 Å². The number of rotatable bonds is 4. The Morgan fingerprint density at radius 3 is 3.04 bits per heavy atom. The molecule has 1 aromatic carbocycles. The minimum absolute atomic E-state index is 0.0142. The Morgan fingerprint density at radius 1 is 1.44 bits per heavy atom. The van der Waals surface area contributed by atoms with Crippen molar-refractivity contribution >= 4 is 17.5 Å². The molecule has 10 heteroatoms. The molecular formula is C17H16ClFN6O2. The Hall–Kier alpha value is -2.81. The topological polar surface area (TPSA) is 89.9 Å². The van der Waals surface area contributed by atoms with E-state index in [-0.39, 0.29) is 17.0 Å². The zero-order chi connectivity index (χ0) is 19.0. The molecule has 1 aliphatic heterocycles. The maximum atomic E-state index is 13.3. The Bertz CT molecular complexity index is 987. The van der Waals surface area contributed by atoms with Gasteiger partial charge in [-0.1, -0.05) is 28.9 Å². The fraction of sp³-hybridized carbons (Fsp3) is 0.353. The summed E-state index contributed by atoms with van der Waals surface area (Å²) < 4.78 is 20.2. The van der Waals surface area contributed by atoms with Crippen LogP contribution in [0.1, 0.15) is 35.6 Å². The molecule has 0 unspecified atom stereocenters. The van der Waals surface area contributed by atoms with Gasteiger partial charge in [0.25, 0.3) is 11.8 Å². The summed E-state index contributed by atoms with van der Waals surface area (Å²) in [6.07, 6.45) is 3.14. The van der Waals surface area contributed by atoms with E-state index < -0.39 is 5.82 Å². The summed E-state index contributed by atoms with van der Waals surface area (Å²) >= 11 is 5.77. The molecule has 0 N–H and O–H groups in total. The first-order chi connectivity index (χ1) is 13.0. The van der Waals surface area contributed by atoms with Crippen LogP contribution in [0.15, 0.2) is 28.9 Å². The van der Waals surface area contributed by atoms with Crippen LogP contribution in [0, 0.1) is 5.82 Å². The monoisotopic (exact) mass is 390 g/mol. The molecular weight excluding hydrogens is 375 g/mol. The molecule has 3 aromatic rings. The smallest absolute Gasteiger partial charge is 0.280 e. The minimum Gasteiger partial charge on any atom is -0.336 e. The predicted octanol–water partition coefficient (Wildman–Crippen LogP) is 2.77. The fourth-order valence-electron chi connectivity index (χ4n) is 3.01. The summed E-state index contributed by atoms with van der Waals surface area (Å²) in [6, 6.07) is 3.97. The molecule has 0 bridgehead atoms. The van der Waals surface area contributed by atoms with Crippen molar-refractivity contribution in [3.63, 3.8) is 0 Å². The van der Waals surface area contributed by atoms with E-state index in [0.29, 0.717) is 42.5 Å². The van der Waals surface area contributed by atoms with Crippen molar-refractivity contribution in [1.29, 1.82) is 0 Å². The number of likely N-dealkylation sites (tertiary alicyclic amines) is 1. The highest BCUT2D eigenvalue weighted by Crippen LogP contribution is 2.25. The maximum absolute atomic E-state index is 13.3. The molecule has 1 saturated heterocycles. The zero-order valence-corrected chi connectivity index (χ0v) is 15.2. The third-order valence-corrected chi connectivity index (χ3v) is 4.79. The molecule has 140 valence electrons. The van der Waals surface area contributed by atoms with Crippen LogP contribution in [0.5, 0.6) is 0 Å². The Labute approximate surface area is 158 Å². The van der Waals surface area contributed by atoms with Crippen LogP contribution in [0.4, 0.5) is 4.39 Å². The van der Waals surface area contributed by atoms with Gasteiger partial charge in [0.1, 0.15) is 5.82 Å². The van der Waals surface area contributed by atoms with Crippen LogP contribution < -0.4 is 0 Å². The minimum atomic E-state index is -0.546. The number of hydrogen-bond acceptors (Lipinski definition) is 6. The Balaban J connectivity index is 1.46. The van der Waals surface area contributed by atoms with Gasteiger partial charge in [0.2, 0.25) is 0 Å². The van der Waals surface area contributed by atoms with Crippen LogP contribution >= 0.6 is 11.6 Å². The fourth-order valence-corrected chi connectivity index (χ4v) is 3.19. The molecule has 0 aliphatic carbocycles. The number of aryl methyl sites for hydroxylation is 1. The van der Waals surface area contributed by atoms with Crippen molar-refractivity contribution < 1.29 is 13.7 Å². The Morgan fingerprint density at radius 2 is 2.30 bits per heavy atom. The van der Waals surface area contributed by atoms with E-state index in [0.717, 1.165) is 6.42 Å². The standard InChI is InChI=1S/C17H16ClFN6O2/c1-2-15-20-16(27-22-15)14-9-25(23-21-14)11-5-6-24(8-11)17(26)10-3-4-13(19)12(18)7-10/h3-4,7,9,11H,2,5-6,8H2,1H3/t11-/m0/s1. The molecule has 0 spiro atoms. The zero-order valence-electron chi connectivity index (χ0n) is 14.5. The van der Waals surface area contributed by atoms with Crippen LogP contribution in [0.2, 0.25) is 5.02 Å². The Kier molecular flexibility index (Phi) is 4.61. The normalized spacial score (nSPS) is 16.9. The lowest BCUT2D eigenvalue weighted by Gasteiger charge is -2.16. The summed E-state index contributed by atoms with van der Waals surface area (Å²) in [5.74, 6) is 0.194. The SMILES string of the molecule is CCc1noc(-c2cn([C@H]3CCN(C(=O)c4ccc(F)c(Cl)c4)C3)nn2)n1. The van der Waals surface area contributed by atoms with Gasteiger partial charge in [0, 0.05) is 25.1 Å². The van der Waals surface area contributed by atoms with E-state index >= 15 is 0 Å². The highest BCUT2D eigenvalue weighted by atomic mass is 35.5. The lowest BCUT2D eigenvalue weighted by Crippen LogP contribution is -2.29. The lowest BCUT2D eigenvalue weighted by atomic mass is 10.2. The molecule has 3 heterocycles. The van der Waals surface area contributed by atoms with E-state index in [2.05, 4.69) is 20.5 Å². The second kappa shape index (κ2) is 7.07. The lowest BCUT2D eigenvalue weighted by molar-refractivity contribution is 0.0787. The van der Waals surface area contributed by atoms with Crippen molar-refractivity contribution in [1.82, 2.24) is 30.0 Å². The highest BCUT2D eigenvalue weighted by molar-refractivity contribution is 6.31. The number of amides is 1. The van der Waals surface area contributed by atoms with E-state index in [9.17, 15) is 9.18 Å². The number of hydrogen-bond donors (Lipinski definition) is 0. The van der Waals surface area contributed by atoms with Crippen molar-refractivity contribution in [2.45, 2.75) is 25.8 Å². The van der Waals surface area contributed by atoms with E-state index in [1.165, 1.54) is 18.2 Å². The molecule has 4 rings (SSSR count). The summed E-state index contributed by atoms with van der Waals surface area (Å²) in [5, 5.41) is 12.0. The van der Waals surface area contributed by atoms with Crippen LogP contribution in [-0.2, 0) is 6.42 Å². The van der Waals surface area contributed by atoms with Gasteiger partial charge >= 0.3 is 0 Å². The van der Waals surface area contributed by atoms with Crippen LogP contribution in [-0.4, -0.2) is 49.0 Å². The van der Waals surface area contributed by atoms with Crippen molar-refractivity contribution in [2.24, 2.45) is 0 Å². The van der Waals surface area contributed by atoms with Gasteiger partial charge in [0.05, 0.1) is 17.3 Å². The first kappa shape index (κ1) is 17.6. The molecule has 8 nitrogen and oxygen atoms in total. The van der Waals surface area contributed by atoms with Gasteiger partial charge < -0.3 is 9.42 Å². The molecule has 0 saturated carbocycles. The molecule has 1 aliphatic rings. The molecule has 1 amide bonds. The quantitative estimate of drug-likeness (QED) is 0.680. The van der Waals surface area contributed by atoms with Crippen LogP contribution in [0.25, 0.3) is 11.6 Å². The number of carbonyl (C=O) groups excluding carboxylic acids is 1. The first-order valence-corrected chi connectivity index (χ1v) is 8.92. The van der Waals surface area contributed by atoms with Gasteiger partial charge in [0.15, 0.2) is 11.5 Å². The molecule has 2 aromatic heterocycles. The van der Waals surface area contributed by atoms with Crippen LogP contribution in [0.3, 0.4) is 0 Å². The van der Waals surface area contributed by atoms with Gasteiger partial charge in [-0.3, -0.25) is 4.79 Å². The summed E-state index contributed by atoms with van der Waals surface area (Å²) in [4.78, 5) is 18.5. The van der Waals surface area contributed by atoms with Crippen molar-refractivity contribution in [3.8, 4) is 11.6 Å². The average molecular weight is 391 g/mol. The largest absolute Gasteiger partial charge is 0.336 e. The number of halogens is 2. The molecule has 27 heavy (non-hydrogen) atoms.